The van der Waals surface area contributed by atoms with E-state index < -0.39 is 12.5 Å². The molecular weight excluding hydrogens is 528 g/mol. The lowest BCUT2D eigenvalue weighted by Crippen LogP contribution is -2.21. The Balaban J connectivity index is 1.60. The van der Waals surface area contributed by atoms with Crippen LogP contribution in [0.1, 0.15) is 33.9 Å². The summed E-state index contributed by atoms with van der Waals surface area (Å²) >= 11 is 6.30. The summed E-state index contributed by atoms with van der Waals surface area (Å²) < 4.78 is 28.9. The lowest BCUT2D eigenvalue weighted by Gasteiger charge is -2.21. The minimum absolute atomic E-state index is 0.0566. The van der Waals surface area contributed by atoms with Gasteiger partial charge < -0.3 is 11.1 Å². The summed E-state index contributed by atoms with van der Waals surface area (Å²) in [6.07, 6.45) is 6.13. The predicted molar refractivity (Wildman–Crippen MR) is 156 cm³/mol. The molecule has 0 aliphatic heterocycles. The molecule has 0 radical (unpaired) electrons. The molecule has 0 spiro atoms. The number of nitrogen functional groups attached to an aromatic ring is 1. The summed E-state index contributed by atoms with van der Waals surface area (Å²) in [5.41, 5.74) is 10.9. The molecule has 6 aromatic rings. The van der Waals surface area contributed by atoms with Crippen LogP contribution < -0.4 is 16.6 Å². The van der Waals surface area contributed by atoms with Crippen molar-refractivity contribution in [3.05, 3.63) is 81.5 Å². The molecule has 40 heavy (non-hydrogen) atoms. The third-order valence-electron chi connectivity index (χ3n) is 7.05. The van der Waals surface area contributed by atoms with Crippen LogP contribution in [-0.2, 0) is 14.0 Å². The average Bonchev–Trinajstić information content (AvgIpc) is 3.52. The topological polar surface area (TPSA) is 134 Å². The summed E-state index contributed by atoms with van der Waals surface area (Å²) in [6.45, 7) is 2.96. The van der Waals surface area contributed by atoms with Crippen LogP contribution in [0.5, 0.6) is 0 Å². The van der Waals surface area contributed by atoms with Crippen molar-refractivity contribution in [1.29, 1.82) is 0 Å². The highest BCUT2D eigenvalue weighted by Crippen LogP contribution is 2.35. The number of pyridine rings is 1. The minimum Gasteiger partial charge on any atom is -0.377 e. The normalized spacial score (nSPS) is 13.8. The van der Waals surface area contributed by atoms with Gasteiger partial charge in [-0.25, -0.2) is 19.9 Å². The molecule has 11 nitrogen and oxygen atoms in total. The van der Waals surface area contributed by atoms with Crippen LogP contribution in [-0.4, -0.2) is 38.7 Å². The van der Waals surface area contributed by atoms with E-state index in [-0.39, 0.29) is 28.7 Å². The fourth-order valence-corrected chi connectivity index (χ4v) is 5.12. The Labute approximate surface area is 238 Å². The van der Waals surface area contributed by atoms with Crippen molar-refractivity contribution in [2.24, 2.45) is 14.0 Å². The number of hydrogen-bond acceptors (Lipinski definition) is 8. The maximum absolute atomic E-state index is 14.0. The van der Waals surface area contributed by atoms with Gasteiger partial charge in [-0.1, -0.05) is 17.7 Å². The number of rotatable bonds is 5. The van der Waals surface area contributed by atoms with Crippen LogP contribution in [0.25, 0.3) is 39.1 Å². The fraction of sp³-hybridized carbons (Fsp3) is 0.214. The molecule has 0 bridgehead atoms. The van der Waals surface area contributed by atoms with Gasteiger partial charge >= 0.3 is 0 Å². The fourth-order valence-electron chi connectivity index (χ4n) is 4.97. The van der Waals surface area contributed by atoms with E-state index in [2.05, 4.69) is 30.4 Å². The Morgan fingerprint density at radius 1 is 1.10 bits per heavy atom. The van der Waals surface area contributed by atoms with Crippen LogP contribution in [0.4, 0.5) is 11.6 Å². The van der Waals surface area contributed by atoms with E-state index in [9.17, 15) is 4.79 Å². The molecule has 1 aromatic carbocycles. The van der Waals surface area contributed by atoms with Crippen molar-refractivity contribution in [3.8, 4) is 22.5 Å². The summed E-state index contributed by atoms with van der Waals surface area (Å²) in [7, 11) is 1.85. The van der Waals surface area contributed by atoms with E-state index in [1.165, 1.54) is 18.7 Å². The van der Waals surface area contributed by atoms with E-state index in [4.69, 9.17) is 21.4 Å². The highest BCUT2D eigenvalue weighted by Gasteiger charge is 2.22. The number of fused-ring (bicyclic) bond motifs is 3. The summed E-state index contributed by atoms with van der Waals surface area (Å²) in [6, 6.07) is 6.82. The van der Waals surface area contributed by atoms with Gasteiger partial charge in [-0.15, -0.1) is 0 Å². The number of imidazole rings is 1. The zero-order valence-corrected chi connectivity index (χ0v) is 22.9. The first-order valence-electron chi connectivity index (χ1n) is 13.9. The second kappa shape index (κ2) is 9.45. The Morgan fingerprint density at radius 2 is 1.88 bits per heavy atom. The van der Waals surface area contributed by atoms with Crippen molar-refractivity contribution in [3.63, 3.8) is 0 Å². The summed E-state index contributed by atoms with van der Waals surface area (Å²) in [5, 5.41) is 8.46. The van der Waals surface area contributed by atoms with Gasteiger partial charge in [0.15, 0.2) is 0 Å². The lowest BCUT2D eigenvalue weighted by molar-refractivity contribution is 0.740. The number of halogens is 1. The second-order valence-electron chi connectivity index (χ2n) is 9.67. The second-order valence-corrected chi connectivity index (χ2v) is 10.1. The molecule has 0 amide bonds. The van der Waals surface area contributed by atoms with E-state index in [1.54, 1.807) is 27.4 Å². The summed E-state index contributed by atoms with van der Waals surface area (Å²) in [5.74, 6) is 0.0566. The van der Waals surface area contributed by atoms with E-state index >= 15 is 0 Å². The maximum atomic E-state index is 14.0. The predicted octanol–water partition coefficient (Wildman–Crippen LogP) is 4.46. The Kier molecular flexibility index (Phi) is 5.22. The molecule has 0 saturated carbocycles. The molecule has 6 rings (SSSR count). The number of aromatic nitrogens is 8. The molecule has 5 heterocycles. The molecule has 12 heteroatoms. The Bertz CT molecular complexity index is 2100. The third kappa shape index (κ3) is 4.06. The van der Waals surface area contributed by atoms with Crippen molar-refractivity contribution in [2.75, 3.05) is 11.1 Å². The quantitative estimate of drug-likeness (QED) is 0.297. The molecule has 1 atom stereocenters. The molecule has 0 saturated heterocycles. The highest BCUT2D eigenvalue weighted by molar-refractivity contribution is 6.29. The van der Waals surface area contributed by atoms with Gasteiger partial charge in [0, 0.05) is 47.4 Å². The van der Waals surface area contributed by atoms with Crippen molar-refractivity contribution in [1.82, 2.24) is 38.7 Å². The lowest BCUT2D eigenvalue weighted by atomic mass is 10.00. The van der Waals surface area contributed by atoms with Gasteiger partial charge in [-0.3, -0.25) is 18.4 Å². The first-order valence-corrected chi connectivity index (χ1v) is 12.8. The van der Waals surface area contributed by atoms with E-state index in [1.807, 2.05) is 40.0 Å². The first kappa shape index (κ1) is 22.1. The SMILES string of the molecule is [2H]C([2H])([2H])n1c(=O)c2cc(C)cc(C(C)Nc3ccc(Cl)nc3-c3cnn(C)c3C)c2n2cnc(-c3cnc(N)nc3)c12. The molecule has 0 aliphatic rings. The number of nitrogens with zero attached hydrogens (tertiary/aromatic N) is 8. The smallest absolute Gasteiger partial charge is 0.261 e. The van der Waals surface area contributed by atoms with Gasteiger partial charge in [0.1, 0.15) is 22.8 Å². The number of hydrogen-bond donors (Lipinski definition) is 2. The van der Waals surface area contributed by atoms with Crippen LogP contribution in [0.2, 0.25) is 5.15 Å². The van der Waals surface area contributed by atoms with Crippen molar-refractivity contribution in [2.45, 2.75) is 26.8 Å². The number of nitrogens with two attached hydrogens (primary N) is 1. The molecule has 3 N–H and O–H groups in total. The zero-order valence-electron chi connectivity index (χ0n) is 25.1. The molecule has 5 aromatic heterocycles. The van der Waals surface area contributed by atoms with Crippen LogP contribution in [0, 0.1) is 13.8 Å². The first-order chi connectivity index (χ1) is 20.3. The number of benzene rings is 1. The molecule has 0 fully saturated rings. The Hall–Kier alpha value is -4.77. The third-order valence-corrected chi connectivity index (χ3v) is 7.26. The molecule has 0 aliphatic carbocycles. The van der Waals surface area contributed by atoms with Crippen molar-refractivity contribution >= 4 is 39.8 Å². The molecule has 1 unspecified atom stereocenters. The van der Waals surface area contributed by atoms with Gasteiger partial charge in [0.05, 0.1) is 34.5 Å². The van der Waals surface area contributed by atoms with Gasteiger partial charge in [-0.05, 0) is 50.1 Å². The minimum atomic E-state index is -2.80. The maximum Gasteiger partial charge on any atom is 0.261 e. The average molecular weight is 558 g/mol. The van der Waals surface area contributed by atoms with Crippen LogP contribution in [0.3, 0.4) is 0 Å². The number of aryl methyl sites for hydroxylation is 3. The Morgan fingerprint density at radius 3 is 2.58 bits per heavy atom. The van der Waals surface area contributed by atoms with E-state index in [0.29, 0.717) is 27.6 Å². The van der Waals surface area contributed by atoms with Gasteiger partial charge in [-0.2, -0.15) is 5.10 Å². The number of nitrogens with one attached hydrogen (secondary N) is 1. The number of anilines is 2. The monoisotopic (exact) mass is 557 g/mol. The largest absolute Gasteiger partial charge is 0.377 e. The van der Waals surface area contributed by atoms with Crippen LogP contribution >= 0.6 is 11.6 Å². The van der Waals surface area contributed by atoms with E-state index in [0.717, 1.165) is 27.0 Å². The molecular formula is C28H27ClN10O. The standard InChI is InChI=1S/C28H27ClN10O/c1-14-8-18(15(2)35-21-6-7-22(29)36-24(21)20-12-34-38(5)16(20)3)25-19(9-14)27(40)37(4)26-23(33-13-39(25)26)17-10-31-28(30)32-11-17/h6-13,15,35H,1-5H3,(H2,30,31,32)/i4D3. The van der Waals surface area contributed by atoms with Gasteiger partial charge in [0.2, 0.25) is 5.95 Å². The summed E-state index contributed by atoms with van der Waals surface area (Å²) in [4.78, 5) is 31.1. The van der Waals surface area contributed by atoms with Gasteiger partial charge in [0.25, 0.3) is 5.56 Å². The zero-order chi connectivity index (χ0) is 30.8. The highest BCUT2D eigenvalue weighted by atomic mass is 35.5. The molecule has 202 valence electrons. The van der Waals surface area contributed by atoms with Crippen LogP contribution in [0.15, 0.2) is 54.0 Å². The van der Waals surface area contributed by atoms with Crippen molar-refractivity contribution < 1.29 is 4.11 Å².